The maximum atomic E-state index is 9.91. The first kappa shape index (κ1) is 8.01. The van der Waals surface area contributed by atoms with Crippen molar-refractivity contribution in [3.8, 4) is 0 Å². The van der Waals surface area contributed by atoms with Crippen molar-refractivity contribution in [2.75, 3.05) is 0 Å². The van der Waals surface area contributed by atoms with Gasteiger partial charge in [-0.15, -0.1) is 0 Å². The predicted octanol–water partition coefficient (Wildman–Crippen LogP) is 1.40. The standard InChI is InChI=1S/C6H11NO2/c1-2-3-4-5-9-6(7)8/h4-5H,2-3H2,1H3,(H2,7,8). The first-order valence-electron chi connectivity index (χ1n) is 2.88. The third-order valence-electron chi connectivity index (χ3n) is 0.736. The highest BCUT2D eigenvalue weighted by atomic mass is 16.5. The summed E-state index contributed by atoms with van der Waals surface area (Å²) >= 11 is 0. The molecule has 0 atom stereocenters. The summed E-state index contributed by atoms with van der Waals surface area (Å²) in [6.07, 6.45) is 4.25. The Morgan fingerprint density at radius 3 is 2.89 bits per heavy atom. The molecular weight excluding hydrogens is 118 g/mol. The molecule has 0 unspecified atom stereocenters. The van der Waals surface area contributed by atoms with Gasteiger partial charge in [-0.3, -0.25) is 0 Å². The Balaban J connectivity index is 3.14. The van der Waals surface area contributed by atoms with Crippen molar-refractivity contribution in [1.29, 1.82) is 0 Å². The molecule has 52 valence electrons. The van der Waals surface area contributed by atoms with Crippen LogP contribution >= 0.6 is 0 Å². The number of hydrogen-bond donors (Lipinski definition) is 1. The second kappa shape index (κ2) is 5.15. The normalized spacial score (nSPS) is 9.89. The zero-order valence-corrected chi connectivity index (χ0v) is 5.46. The average Bonchev–Trinajstić information content (AvgIpc) is 1.80. The highest BCUT2D eigenvalue weighted by Crippen LogP contribution is 1.88. The Morgan fingerprint density at radius 1 is 1.78 bits per heavy atom. The van der Waals surface area contributed by atoms with Gasteiger partial charge in [0, 0.05) is 0 Å². The zero-order valence-electron chi connectivity index (χ0n) is 5.46. The number of unbranched alkanes of at least 4 members (excludes halogenated alkanes) is 1. The number of nitrogens with two attached hydrogens (primary N) is 1. The van der Waals surface area contributed by atoms with E-state index in [1.807, 2.05) is 6.92 Å². The van der Waals surface area contributed by atoms with Crippen LogP contribution in [0.2, 0.25) is 0 Å². The fourth-order valence-electron chi connectivity index (χ4n) is 0.350. The Labute approximate surface area is 54.5 Å². The maximum Gasteiger partial charge on any atom is 0.409 e. The lowest BCUT2D eigenvalue weighted by Gasteiger charge is -1.88. The van der Waals surface area contributed by atoms with E-state index in [2.05, 4.69) is 10.5 Å². The van der Waals surface area contributed by atoms with Gasteiger partial charge in [-0.1, -0.05) is 13.3 Å². The van der Waals surface area contributed by atoms with Gasteiger partial charge in [0.2, 0.25) is 0 Å². The molecule has 9 heavy (non-hydrogen) atoms. The van der Waals surface area contributed by atoms with Gasteiger partial charge in [0.05, 0.1) is 6.26 Å². The van der Waals surface area contributed by atoms with Gasteiger partial charge in [-0.05, 0) is 12.5 Å². The lowest BCUT2D eigenvalue weighted by atomic mass is 10.3. The number of rotatable bonds is 3. The number of carbonyl (C=O) groups is 1. The molecule has 0 saturated carbocycles. The molecule has 0 aliphatic carbocycles. The molecule has 0 saturated heterocycles. The number of allylic oxidation sites excluding steroid dienone is 1. The van der Waals surface area contributed by atoms with Crippen molar-refractivity contribution in [2.24, 2.45) is 5.73 Å². The van der Waals surface area contributed by atoms with Crippen LogP contribution < -0.4 is 5.73 Å². The molecule has 0 fully saturated rings. The number of carbonyl (C=O) groups excluding carboxylic acids is 1. The average molecular weight is 129 g/mol. The number of ether oxygens (including phenoxy) is 1. The molecule has 0 radical (unpaired) electrons. The Hall–Kier alpha value is -0.990. The van der Waals surface area contributed by atoms with E-state index in [1.54, 1.807) is 6.08 Å². The van der Waals surface area contributed by atoms with E-state index in [9.17, 15) is 4.79 Å². The Kier molecular flexibility index (Phi) is 4.59. The highest BCUT2D eigenvalue weighted by Gasteiger charge is 1.83. The molecular formula is C6H11NO2. The van der Waals surface area contributed by atoms with Crippen LogP contribution in [0, 0.1) is 0 Å². The van der Waals surface area contributed by atoms with Crippen LogP contribution in [0.15, 0.2) is 12.3 Å². The summed E-state index contributed by atoms with van der Waals surface area (Å²) in [4.78, 5) is 9.91. The summed E-state index contributed by atoms with van der Waals surface area (Å²) in [6.45, 7) is 2.04. The molecule has 1 amide bonds. The Bertz CT molecular complexity index is 110. The van der Waals surface area contributed by atoms with Crippen LogP contribution in [0.25, 0.3) is 0 Å². The van der Waals surface area contributed by atoms with Crippen LogP contribution in [0.1, 0.15) is 19.8 Å². The fraction of sp³-hybridized carbons (Fsp3) is 0.500. The fourth-order valence-corrected chi connectivity index (χ4v) is 0.350. The predicted molar refractivity (Wildman–Crippen MR) is 34.7 cm³/mol. The molecule has 0 aromatic rings. The number of amides is 1. The largest absolute Gasteiger partial charge is 0.419 e. The van der Waals surface area contributed by atoms with Crippen molar-refractivity contribution >= 4 is 6.09 Å². The summed E-state index contributed by atoms with van der Waals surface area (Å²) in [5.41, 5.74) is 4.66. The molecule has 0 aliphatic heterocycles. The molecule has 0 rings (SSSR count). The van der Waals surface area contributed by atoms with E-state index in [-0.39, 0.29) is 0 Å². The van der Waals surface area contributed by atoms with Crippen LogP contribution in [0.5, 0.6) is 0 Å². The highest BCUT2D eigenvalue weighted by molar-refractivity contribution is 5.65. The van der Waals surface area contributed by atoms with Crippen LogP contribution in [0.4, 0.5) is 4.79 Å². The van der Waals surface area contributed by atoms with Crippen LogP contribution in [-0.2, 0) is 4.74 Å². The minimum atomic E-state index is -0.762. The second-order valence-corrected chi connectivity index (χ2v) is 1.60. The summed E-state index contributed by atoms with van der Waals surface area (Å²) < 4.78 is 4.30. The topological polar surface area (TPSA) is 52.3 Å². The van der Waals surface area contributed by atoms with E-state index in [4.69, 9.17) is 0 Å². The van der Waals surface area contributed by atoms with Crippen LogP contribution in [-0.4, -0.2) is 6.09 Å². The van der Waals surface area contributed by atoms with Crippen molar-refractivity contribution < 1.29 is 9.53 Å². The smallest absolute Gasteiger partial charge is 0.409 e. The molecule has 3 heteroatoms. The first-order valence-corrected chi connectivity index (χ1v) is 2.88. The SMILES string of the molecule is CCCC=COC(N)=O. The van der Waals surface area contributed by atoms with E-state index in [0.717, 1.165) is 12.8 Å². The van der Waals surface area contributed by atoms with Crippen LogP contribution in [0.3, 0.4) is 0 Å². The molecule has 3 nitrogen and oxygen atoms in total. The molecule has 0 spiro atoms. The summed E-state index contributed by atoms with van der Waals surface area (Å²) in [5.74, 6) is 0. The summed E-state index contributed by atoms with van der Waals surface area (Å²) in [5, 5.41) is 0. The molecule has 0 bridgehead atoms. The summed E-state index contributed by atoms with van der Waals surface area (Å²) in [6, 6.07) is 0. The molecule has 0 heterocycles. The van der Waals surface area contributed by atoms with Gasteiger partial charge in [-0.25, -0.2) is 4.79 Å². The summed E-state index contributed by atoms with van der Waals surface area (Å²) in [7, 11) is 0. The number of primary amides is 1. The minimum Gasteiger partial charge on any atom is -0.419 e. The van der Waals surface area contributed by atoms with Gasteiger partial charge in [0.25, 0.3) is 0 Å². The van der Waals surface area contributed by atoms with Crippen molar-refractivity contribution in [2.45, 2.75) is 19.8 Å². The monoisotopic (exact) mass is 129 g/mol. The van der Waals surface area contributed by atoms with Crippen molar-refractivity contribution in [3.05, 3.63) is 12.3 Å². The van der Waals surface area contributed by atoms with Crippen molar-refractivity contribution in [1.82, 2.24) is 0 Å². The minimum absolute atomic E-state index is 0.762. The Morgan fingerprint density at radius 2 is 2.44 bits per heavy atom. The number of hydrogen-bond acceptors (Lipinski definition) is 2. The second-order valence-electron chi connectivity index (χ2n) is 1.60. The molecule has 2 N–H and O–H groups in total. The van der Waals surface area contributed by atoms with E-state index >= 15 is 0 Å². The third-order valence-corrected chi connectivity index (χ3v) is 0.736. The van der Waals surface area contributed by atoms with E-state index in [1.165, 1.54) is 6.26 Å². The molecule has 0 aromatic carbocycles. The van der Waals surface area contributed by atoms with E-state index < -0.39 is 6.09 Å². The lowest BCUT2D eigenvalue weighted by Crippen LogP contribution is -2.08. The zero-order chi connectivity index (χ0) is 7.11. The van der Waals surface area contributed by atoms with Gasteiger partial charge in [0.1, 0.15) is 0 Å². The molecule has 0 aromatic heterocycles. The van der Waals surface area contributed by atoms with Gasteiger partial charge < -0.3 is 10.5 Å². The van der Waals surface area contributed by atoms with Gasteiger partial charge in [0.15, 0.2) is 0 Å². The first-order chi connectivity index (χ1) is 4.27. The maximum absolute atomic E-state index is 9.91. The van der Waals surface area contributed by atoms with Gasteiger partial charge >= 0.3 is 6.09 Å². The quantitative estimate of drug-likeness (QED) is 0.585. The molecule has 0 aliphatic rings. The van der Waals surface area contributed by atoms with Gasteiger partial charge in [-0.2, -0.15) is 0 Å². The van der Waals surface area contributed by atoms with Crippen molar-refractivity contribution in [3.63, 3.8) is 0 Å². The lowest BCUT2D eigenvalue weighted by molar-refractivity contribution is 0.196. The van der Waals surface area contributed by atoms with E-state index in [0.29, 0.717) is 0 Å². The third kappa shape index (κ3) is 7.01.